The molecule has 2 aliphatic heterocycles. The lowest BCUT2D eigenvalue weighted by Crippen LogP contribution is -2.54. The van der Waals surface area contributed by atoms with Crippen LogP contribution in [0.2, 0.25) is 0 Å². The maximum atomic E-state index is 13.0. The Labute approximate surface area is 245 Å². The van der Waals surface area contributed by atoms with Crippen molar-refractivity contribution in [1.82, 2.24) is 0 Å². The fourth-order valence-corrected chi connectivity index (χ4v) is 4.59. The molecule has 13 nitrogen and oxygen atoms in total. The monoisotopic (exact) mass is 590 g/mol. The molecular formula is C25H36Cl2N12O. The number of guanidine groups is 4. The molecule has 0 atom stereocenters. The van der Waals surface area contributed by atoms with E-state index in [1.165, 1.54) is 0 Å². The van der Waals surface area contributed by atoms with Gasteiger partial charge in [-0.25, -0.2) is 14.8 Å². The van der Waals surface area contributed by atoms with Crippen molar-refractivity contribution in [2.24, 2.45) is 42.9 Å². The van der Waals surface area contributed by atoms with Crippen LogP contribution in [0, 0.1) is 13.8 Å². The Morgan fingerprint density at radius 1 is 0.700 bits per heavy atom. The summed E-state index contributed by atoms with van der Waals surface area (Å²) in [6.07, 6.45) is 0. The van der Waals surface area contributed by atoms with Crippen molar-refractivity contribution >= 4 is 77.4 Å². The van der Waals surface area contributed by atoms with Crippen LogP contribution < -0.4 is 43.4 Å². The van der Waals surface area contributed by atoms with Crippen molar-refractivity contribution in [3.8, 4) is 0 Å². The van der Waals surface area contributed by atoms with Crippen molar-refractivity contribution in [2.45, 2.75) is 52.9 Å². The van der Waals surface area contributed by atoms with Gasteiger partial charge in [-0.15, -0.1) is 24.8 Å². The Bertz CT molecular complexity index is 1330. The predicted molar refractivity (Wildman–Crippen MR) is 169 cm³/mol. The number of halogens is 2. The van der Waals surface area contributed by atoms with E-state index >= 15 is 0 Å². The number of amides is 2. The van der Waals surface area contributed by atoms with Gasteiger partial charge in [0.15, 0.2) is 0 Å². The summed E-state index contributed by atoms with van der Waals surface area (Å²) >= 11 is 0. The maximum absolute atomic E-state index is 13.0. The lowest BCUT2D eigenvalue weighted by Gasteiger charge is -2.39. The Kier molecular flexibility index (Phi) is 9.18. The number of carbonyl (C=O) groups is 1. The number of aliphatic imine (C=N–C) groups is 4. The Balaban J connectivity index is 0.00000280. The largest absolute Gasteiger partial charge is 0.369 e. The number of aryl methyl sites for hydroxylation is 2. The second kappa shape index (κ2) is 11.5. The van der Waals surface area contributed by atoms with Crippen LogP contribution in [0.25, 0.3) is 0 Å². The topological polar surface area (TPSA) is 201 Å². The summed E-state index contributed by atoms with van der Waals surface area (Å²) in [6, 6.07) is 10.6. The van der Waals surface area contributed by atoms with E-state index in [1.807, 2.05) is 65.8 Å². The number of anilines is 4. The maximum Gasteiger partial charge on any atom is 0.323 e. The summed E-state index contributed by atoms with van der Waals surface area (Å²) < 4.78 is 0. The zero-order valence-electron chi connectivity index (χ0n) is 23.2. The lowest BCUT2D eigenvalue weighted by atomic mass is 10.1. The minimum absolute atomic E-state index is 0. The summed E-state index contributed by atoms with van der Waals surface area (Å²) in [4.78, 5) is 33.5. The van der Waals surface area contributed by atoms with Crippen LogP contribution in [0.15, 0.2) is 56.4 Å². The molecule has 2 amide bonds. The van der Waals surface area contributed by atoms with Gasteiger partial charge >= 0.3 is 6.03 Å². The van der Waals surface area contributed by atoms with Gasteiger partial charge in [-0.3, -0.25) is 9.80 Å². The van der Waals surface area contributed by atoms with Crippen molar-refractivity contribution < 1.29 is 4.79 Å². The van der Waals surface area contributed by atoms with Gasteiger partial charge in [0, 0.05) is 11.4 Å². The highest BCUT2D eigenvalue weighted by Gasteiger charge is 2.35. The van der Waals surface area contributed by atoms with Gasteiger partial charge in [-0.2, -0.15) is 9.98 Å². The average molecular weight is 592 g/mol. The molecule has 0 spiro atoms. The van der Waals surface area contributed by atoms with Gasteiger partial charge in [-0.1, -0.05) is 12.1 Å². The first-order valence-electron chi connectivity index (χ1n) is 12.0. The van der Waals surface area contributed by atoms with Crippen molar-refractivity contribution in [2.75, 3.05) is 20.4 Å². The van der Waals surface area contributed by atoms with Gasteiger partial charge in [0.1, 0.15) is 11.3 Å². The smallest absolute Gasteiger partial charge is 0.323 e. The number of benzene rings is 2. The quantitative estimate of drug-likeness (QED) is 0.313. The first-order chi connectivity index (χ1) is 17.7. The standard InChI is InChI=1S/C25H34N12O.2ClH/c1-13-7-9-15(11-17(13)36-21(28)32-19(26)34-24(36,3)4)30-23(38)31-16-10-8-14(2)18(12-16)37-22(29)33-20(27)35-25(37,5)6;;/h7-12H,1-6H3,(H2,30,31,38)(H4,26,28,32,34)(H4,27,29,33,35);2*1H. The van der Waals surface area contributed by atoms with Gasteiger partial charge < -0.3 is 33.6 Å². The fraction of sp³-hybridized carbons (Fsp3) is 0.320. The van der Waals surface area contributed by atoms with Crippen LogP contribution in [0.1, 0.15) is 38.8 Å². The molecule has 40 heavy (non-hydrogen) atoms. The lowest BCUT2D eigenvalue weighted by molar-refractivity contribution is 0.262. The molecule has 0 radical (unpaired) electrons. The number of nitrogens with zero attached hydrogens (tertiary/aromatic N) is 6. The molecule has 0 aromatic heterocycles. The number of hydrogen-bond acceptors (Lipinski definition) is 11. The van der Waals surface area contributed by atoms with Crippen molar-refractivity contribution in [3.63, 3.8) is 0 Å². The first-order valence-corrected chi connectivity index (χ1v) is 12.0. The highest BCUT2D eigenvalue weighted by molar-refractivity contribution is 6.08. The van der Waals surface area contributed by atoms with E-state index in [9.17, 15) is 4.79 Å². The minimum Gasteiger partial charge on any atom is -0.369 e. The summed E-state index contributed by atoms with van der Waals surface area (Å²) in [5.41, 5.74) is 26.9. The van der Waals surface area contributed by atoms with Crippen LogP contribution in [0.3, 0.4) is 0 Å². The summed E-state index contributed by atoms with van der Waals surface area (Å²) in [7, 11) is 0. The fourth-order valence-electron chi connectivity index (χ4n) is 4.59. The normalized spacial score (nSPS) is 17.2. The molecule has 0 fully saturated rings. The second-order valence-electron chi connectivity index (χ2n) is 10.1. The van der Waals surface area contributed by atoms with Gasteiger partial charge in [0.25, 0.3) is 0 Å². The number of nitrogens with two attached hydrogens (primary N) is 4. The highest BCUT2D eigenvalue weighted by atomic mass is 35.5. The molecule has 4 rings (SSSR count). The van der Waals surface area contributed by atoms with E-state index in [2.05, 4.69) is 30.6 Å². The van der Waals surface area contributed by atoms with Crippen LogP contribution in [-0.4, -0.2) is 41.2 Å². The summed E-state index contributed by atoms with van der Waals surface area (Å²) in [6.45, 7) is 11.4. The Morgan fingerprint density at radius 2 is 1.05 bits per heavy atom. The number of hydrogen-bond donors (Lipinski definition) is 6. The van der Waals surface area contributed by atoms with E-state index in [4.69, 9.17) is 22.9 Å². The van der Waals surface area contributed by atoms with Crippen molar-refractivity contribution in [1.29, 1.82) is 0 Å². The summed E-state index contributed by atoms with van der Waals surface area (Å²) in [5.74, 6) is 0.662. The van der Waals surface area contributed by atoms with Crippen LogP contribution in [0.4, 0.5) is 27.5 Å². The van der Waals surface area contributed by atoms with E-state index in [0.29, 0.717) is 11.4 Å². The number of rotatable bonds is 4. The van der Waals surface area contributed by atoms with Gasteiger partial charge in [0.2, 0.25) is 23.8 Å². The molecule has 0 aliphatic carbocycles. The number of carbonyl (C=O) groups excluding carboxylic acids is 1. The molecule has 2 aliphatic rings. The molecule has 10 N–H and O–H groups in total. The van der Waals surface area contributed by atoms with Crippen LogP contribution >= 0.6 is 24.8 Å². The van der Waals surface area contributed by atoms with Crippen LogP contribution in [0.5, 0.6) is 0 Å². The molecular weight excluding hydrogens is 555 g/mol. The molecule has 2 aromatic carbocycles. The zero-order chi connectivity index (χ0) is 28.0. The van der Waals surface area contributed by atoms with E-state index < -0.39 is 17.4 Å². The van der Waals surface area contributed by atoms with Gasteiger partial charge in [0.05, 0.1) is 11.4 Å². The van der Waals surface area contributed by atoms with Gasteiger partial charge in [-0.05, 0) is 76.9 Å². The Morgan fingerprint density at radius 3 is 1.38 bits per heavy atom. The molecule has 2 aromatic rings. The van der Waals surface area contributed by atoms with E-state index in [0.717, 1.165) is 22.5 Å². The first kappa shape index (κ1) is 32.0. The Hall–Kier alpha value is -4.23. The molecule has 15 heteroatoms. The summed E-state index contributed by atoms with van der Waals surface area (Å²) in [5, 5.41) is 5.75. The van der Waals surface area contributed by atoms with Crippen LogP contribution in [-0.2, 0) is 0 Å². The molecule has 0 saturated carbocycles. The SMILES string of the molecule is Cc1ccc(NC(=O)Nc2ccc(C)c(N3C(N)=NC(N)=NC3(C)C)c2)cc1N1C(N)=NC(N)=NC1(C)C.Cl.Cl. The molecule has 216 valence electrons. The average Bonchev–Trinajstić information content (AvgIpc) is 2.75. The number of urea groups is 1. The second-order valence-corrected chi connectivity index (χ2v) is 10.1. The molecule has 0 unspecified atom stereocenters. The zero-order valence-corrected chi connectivity index (χ0v) is 24.8. The van der Waals surface area contributed by atoms with Crippen molar-refractivity contribution in [3.05, 3.63) is 47.5 Å². The molecule has 0 saturated heterocycles. The molecule has 2 heterocycles. The predicted octanol–water partition coefficient (Wildman–Crippen LogP) is 3.16. The molecule has 0 bridgehead atoms. The third-order valence-electron chi connectivity index (χ3n) is 6.20. The minimum atomic E-state index is -0.762. The third-order valence-corrected chi connectivity index (χ3v) is 6.20. The highest BCUT2D eigenvalue weighted by Crippen LogP contribution is 2.34. The number of nitrogens with one attached hydrogen (secondary N) is 2. The van der Waals surface area contributed by atoms with E-state index in [-0.39, 0.29) is 48.7 Å². The van der Waals surface area contributed by atoms with E-state index in [1.54, 1.807) is 21.9 Å². The third kappa shape index (κ3) is 6.32.